The Morgan fingerprint density at radius 2 is 0.955 bits per heavy atom. The number of oxazole rings is 2. The van der Waals surface area contributed by atoms with Crippen LogP contribution in [-0.2, 0) is 49.8 Å². The lowest BCUT2D eigenvalue weighted by atomic mass is 9.97. The summed E-state index contributed by atoms with van der Waals surface area (Å²) in [6.07, 6.45) is 3.83. The smallest absolute Gasteiger partial charge is 0.200 e. The Morgan fingerprint density at radius 1 is 0.591 bits per heavy atom. The molecule has 0 radical (unpaired) electrons. The first kappa shape index (κ1) is 52.2. The van der Waals surface area contributed by atoms with Gasteiger partial charge in [-0.1, -0.05) is 76.3 Å². The van der Waals surface area contributed by atoms with Crippen molar-refractivity contribution in [1.82, 2.24) is 9.97 Å². The summed E-state index contributed by atoms with van der Waals surface area (Å²) in [5, 5.41) is 18.1. The number of nitrogens with zero attached hydrogens (tertiary/aromatic N) is 2. The molecule has 0 unspecified atom stereocenters. The van der Waals surface area contributed by atoms with Crippen molar-refractivity contribution in [3.8, 4) is 5.75 Å². The van der Waals surface area contributed by atoms with Gasteiger partial charge in [0.05, 0.1) is 54.8 Å². The van der Waals surface area contributed by atoms with Crippen LogP contribution in [0.2, 0.25) is 15.1 Å². The van der Waals surface area contributed by atoms with Gasteiger partial charge in [-0.3, -0.25) is 0 Å². The minimum absolute atomic E-state index is 0.00114. The number of nitrogen functional groups attached to an aromatic ring is 1. The molecule has 15 nitrogen and oxygen atoms in total. The monoisotopic (exact) mass is 1030 g/mol. The molecule has 0 aliphatic heterocycles. The molecule has 2 aromatic heterocycles. The van der Waals surface area contributed by atoms with Gasteiger partial charge in [-0.15, -0.1) is 0 Å². The van der Waals surface area contributed by atoms with E-state index in [9.17, 15) is 35.5 Å². The molecule has 3 aliphatic rings. The maximum Gasteiger partial charge on any atom is 0.200 e. The number of aromatic hydroxyl groups is 1. The van der Waals surface area contributed by atoms with Gasteiger partial charge in [0.15, 0.2) is 46.4 Å². The Labute approximate surface area is 401 Å². The third kappa shape index (κ3) is 10.7. The number of aliphatic hydroxyl groups excluding tert-OH is 1. The summed E-state index contributed by atoms with van der Waals surface area (Å²) < 4.78 is 99.5. The van der Waals surface area contributed by atoms with E-state index < -0.39 is 57.1 Å². The summed E-state index contributed by atoms with van der Waals surface area (Å²) in [6, 6.07) is 9.24. The van der Waals surface area contributed by atoms with Crippen LogP contribution in [0, 0.1) is 0 Å². The molecule has 5 aromatic rings. The minimum atomic E-state index is -3.71. The van der Waals surface area contributed by atoms with Crippen molar-refractivity contribution in [2.24, 2.45) is 0 Å². The highest BCUT2D eigenvalue weighted by Gasteiger charge is 2.41. The molecule has 3 aromatic carbocycles. The number of nitrogens with two attached hydrogens (primary N) is 1. The zero-order chi connectivity index (χ0) is 48.9. The number of fused-ring (bicyclic) bond motifs is 2. The van der Waals surface area contributed by atoms with Crippen LogP contribution >= 0.6 is 34.8 Å². The largest absolute Gasteiger partial charge is 0.504 e. The van der Waals surface area contributed by atoms with Crippen molar-refractivity contribution >= 4 is 92.2 Å². The van der Waals surface area contributed by atoms with E-state index in [4.69, 9.17) is 58.8 Å². The Bertz CT molecular complexity index is 2930. The van der Waals surface area contributed by atoms with E-state index in [2.05, 4.69) is 9.97 Å². The van der Waals surface area contributed by atoms with Gasteiger partial charge in [0, 0.05) is 25.0 Å². The number of aliphatic hydroxyl groups is 1. The Balaban J connectivity index is 0.000000165. The van der Waals surface area contributed by atoms with Gasteiger partial charge in [-0.05, 0) is 94.2 Å². The molecule has 3 saturated carbocycles. The fraction of sp³-hybridized carbons (Fsp3) is 0.556. The highest BCUT2D eigenvalue weighted by Crippen LogP contribution is 2.43. The van der Waals surface area contributed by atoms with Crippen LogP contribution in [0.15, 0.2) is 59.9 Å². The van der Waals surface area contributed by atoms with E-state index in [1.165, 1.54) is 18.2 Å². The fourth-order valence-corrected chi connectivity index (χ4v) is 15.8. The van der Waals surface area contributed by atoms with E-state index in [-0.39, 0.29) is 76.1 Å². The summed E-state index contributed by atoms with van der Waals surface area (Å²) in [5.74, 6) is 0.503. The third-order valence-electron chi connectivity index (χ3n) is 12.2. The lowest BCUT2D eigenvalue weighted by molar-refractivity contribution is 0.109. The number of methoxy groups -OCH3 is 2. The Morgan fingerprint density at radius 3 is 1.32 bits per heavy atom. The number of phenols is 1. The first-order valence-corrected chi connectivity index (χ1v) is 27.3. The van der Waals surface area contributed by atoms with Crippen LogP contribution < -0.4 is 5.73 Å². The van der Waals surface area contributed by atoms with Crippen molar-refractivity contribution in [2.75, 3.05) is 20.0 Å². The minimum Gasteiger partial charge on any atom is -0.504 e. The van der Waals surface area contributed by atoms with Crippen LogP contribution in [0.1, 0.15) is 111 Å². The number of aromatic nitrogens is 2. The van der Waals surface area contributed by atoms with Crippen LogP contribution in [0.25, 0.3) is 22.2 Å². The average Bonchev–Trinajstić information content (AvgIpc) is 4.08. The second-order valence-corrected chi connectivity index (χ2v) is 26.8. The maximum atomic E-state index is 13.2. The Kier molecular flexibility index (Phi) is 15.5. The lowest BCUT2D eigenvalue weighted by Crippen LogP contribution is -2.20. The molecule has 4 N–H and O–H groups in total. The fourth-order valence-electron chi connectivity index (χ4n) is 8.38. The number of phenolic OH excluding ortho intramolecular Hbond substituents is 1. The molecule has 0 amide bonds. The highest BCUT2D eigenvalue weighted by molar-refractivity contribution is 7.93. The highest BCUT2D eigenvalue weighted by atomic mass is 35.5. The number of hydrogen-bond acceptors (Lipinski definition) is 15. The molecule has 6 atom stereocenters. The van der Waals surface area contributed by atoms with Crippen LogP contribution in [0.4, 0.5) is 5.69 Å². The van der Waals surface area contributed by atoms with Crippen molar-refractivity contribution in [1.29, 1.82) is 0 Å². The lowest BCUT2D eigenvalue weighted by Gasteiger charge is -2.15. The molecule has 0 bridgehead atoms. The Hall–Kier alpha value is -3.20. The number of hydrogen-bond donors (Lipinski definition) is 3. The molecule has 66 heavy (non-hydrogen) atoms. The predicted octanol–water partition coefficient (Wildman–Crippen LogP) is 9.55. The second kappa shape index (κ2) is 19.7. The van der Waals surface area contributed by atoms with E-state index in [1.807, 2.05) is 41.5 Å². The van der Waals surface area contributed by atoms with Gasteiger partial charge in [0.1, 0.15) is 25.7 Å². The zero-order valence-electron chi connectivity index (χ0n) is 38.1. The molecule has 21 heteroatoms. The first-order chi connectivity index (χ1) is 30.6. The number of anilines is 1. The molecule has 0 spiro atoms. The molecule has 3 aliphatic carbocycles. The molecule has 0 saturated heterocycles. The number of ether oxygens (including phenoxy) is 2. The zero-order valence-corrected chi connectivity index (χ0v) is 42.8. The molecule has 2 heterocycles. The van der Waals surface area contributed by atoms with E-state index >= 15 is 0 Å². The summed E-state index contributed by atoms with van der Waals surface area (Å²) in [5.41, 5.74) is 6.36. The van der Waals surface area contributed by atoms with Gasteiger partial charge in [-0.2, -0.15) is 0 Å². The quantitative estimate of drug-likeness (QED) is 0.0968. The van der Waals surface area contributed by atoms with Gasteiger partial charge in [0.25, 0.3) is 0 Å². The van der Waals surface area contributed by atoms with Gasteiger partial charge >= 0.3 is 0 Å². The first-order valence-electron chi connectivity index (χ1n) is 21.5. The normalized spacial score (nSPS) is 22.9. The topological polar surface area (TPSA) is 239 Å². The maximum absolute atomic E-state index is 13.2. The molecular weight excluding hydrogens is 977 g/mol. The van der Waals surface area contributed by atoms with Gasteiger partial charge in [0.2, 0.25) is 11.8 Å². The molecular formula is C45H58Cl3N3O12S3. The van der Waals surface area contributed by atoms with Crippen LogP contribution in [0.3, 0.4) is 0 Å². The average molecular weight is 1040 g/mol. The molecule has 3 fully saturated rings. The van der Waals surface area contributed by atoms with Crippen molar-refractivity contribution in [3.63, 3.8) is 0 Å². The van der Waals surface area contributed by atoms with E-state index in [1.54, 1.807) is 32.4 Å². The van der Waals surface area contributed by atoms with Crippen LogP contribution in [0.5, 0.6) is 5.75 Å². The number of benzene rings is 3. The third-order valence-corrected chi connectivity index (χ3v) is 20.3. The number of halogens is 3. The summed E-state index contributed by atoms with van der Waals surface area (Å²) in [7, 11) is -7.84. The molecule has 364 valence electrons. The predicted molar refractivity (Wildman–Crippen MR) is 255 cm³/mol. The number of sulfone groups is 3. The van der Waals surface area contributed by atoms with E-state index in [0.29, 0.717) is 67.8 Å². The van der Waals surface area contributed by atoms with E-state index in [0.717, 1.165) is 6.42 Å². The summed E-state index contributed by atoms with van der Waals surface area (Å²) in [6.45, 7) is 11.7. The SMILES string of the molecule is CC(C)(C)c1nc2ccc(Cl)c(S(=O)(=O)[C@@H]3CC[C@@H](O)C3)c2o1.CO[C@@H]1CC[C@@H](S(=O)(=O)c2c(Cl)ccc(N)c2O)C1.CO[C@@H]1CC[C@@H](S(=O)(=O)c2c(Cl)ccc3nc(C(C)(C)C)oc23)C1. The number of rotatable bonds is 8. The van der Waals surface area contributed by atoms with Crippen molar-refractivity contribution in [2.45, 2.75) is 159 Å². The standard InChI is InChI=1S/C17H22ClNO4S.C16H20ClNO4S.C12H16ClNO4S/c1-17(2,3)16-19-13-8-7-12(18)15(14(13)23-16)24(20,21)11-6-5-10(9-11)22-4;1-16(2,3)15-18-12-7-6-11(17)14(13(12)22-15)23(20,21)10-5-4-9(19)8-10;1-18-7-2-3-8(6-7)19(16,17)12-9(13)4-5-10(14)11(12)15/h7-8,10-11H,5-6,9H2,1-4H3;6-7,9-10,19H,4-5,8H2,1-3H3;4-5,7-8,15H,2-3,6,14H2,1H3/t10-,11-;9-,10-;7-,8-/m111/s1. The second-order valence-electron chi connectivity index (χ2n) is 19.1. The van der Waals surface area contributed by atoms with Crippen molar-refractivity contribution in [3.05, 3.63) is 63.2 Å². The summed E-state index contributed by atoms with van der Waals surface area (Å²) >= 11 is 18.4. The van der Waals surface area contributed by atoms with Gasteiger partial charge < -0.3 is 34.3 Å². The van der Waals surface area contributed by atoms with Gasteiger partial charge in [-0.25, -0.2) is 35.2 Å². The molecule has 8 rings (SSSR count). The van der Waals surface area contributed by atoms with Crippen molar-refractivity contribution < 1.29 is 53.8 Å². The summed E-state index contributed by atoms with van der Waals surface area (Å²) in [4.78, 5) is 8.64. The van der Waals surface area contributed by atoms with Crippen LogP contribution in [-0.4, -0.2) is 93.7 Å².